The maximum atomic E-state index is 12.2. The van der Waals surface area contributed by atoms with Crippen LogP contribution in [0.2, 0.25) is 0 Å². The lowest BCUT2D eigenvalue weighted by molar-refractivity contribution is -0.384. The predicted molar refractivity (Wildman–Crippen MR) is 75.1 cm³/mol. The molecule has 2 rings (SSSR count). The molecule has 1 aliphatic rings. The highest BCUT2D eigenvalue weighted by Crippen LogP contribution is 2.32. The van der Waals surface area contributed by atoms with Gasteiger partial charge in [-0.25, -0.2) is 0 Å². The maximum Gasteiger partial charge on any atom is 0.306 e. The van der Waals surface area contributed by atoms with E-state index in [1.165, 1.54) is 24.3 Å². The molecule has 0 radical (unpaired) electrons. The molecule has 0 saturated heterocycles. The van der Waals surface area contributed by atoms with Gasteiger partial charge in [-0.3, -0.25) is 19.7 Å². The van der Waals surface area contributed by atoms with Crippen LogP contribution in [0.25, 0.3) is 0 Å². The number of nitrogens with zero attached hydrogens (tertiary/aromatic N) is 1. The summed E-state index contributed by atoms with van der Waals surface area (Å²) in [5, 5.41) is 19.6. The number of benzene rings is 1. The number of aliphatic carboxylic acids is 1. The first-order chi connectivity index (χ1) is 9.97. The lowest BCUT2D eigenvalue weighted by Crippen LogP contribution is -2.24. The summed E-state index contributed by atoms with van der Waals surface area (Å²) in [6.45, 7) is 0. The number of Topliss-reactive ketones (excluding diaryl/α,β-unsaturated/α-hetero) is 1. The highest BCUT2D eigenvalue weighted by Gasteiger charge is 2.28. The molecular formula is C15H17NO5. The fourth-order valence-corrected chi connectivity index (χ4v) is 2.85. The van der Waals surface area contributed by atoms with Gasteiger partial charge in [-0.2, -0.15) is 0 Å². The molecule has 112 valence electrons. The van der Waals surface area contributed by atoms with Crippen LogP contribution in [0.3, 0.4) is 0 Å². The van der Waals surface area contributed by atoms with Crippen molar-refractivity contribution in [3.8, 4) is 0 Å². The largest absolute Gasteiger partial charge is 0.481 e. The van der Waals surface area contributed by atoms with Gasteiger partial charge in [-0.05, 0) is 37.3 Å². The summed E-state index contributed by atoms with van der Waals surface area (Å²) in [6.07, 6.45) is 3.21. The van der Waals surface area contributed by atoms with Gasteiger partial charge >= 0.3 is 5.97 Å². The molecule has 0 spiro atoms. The van der Waals surface area contributed by atoms with E-state index < -0.39 is 10.9 Å². The van der Waals surface area contributed by atoms with Gasteiger partial charge in [-0.15, -0.1) is 0 Å². The average molecular weight is 291 g/mol. The van der Waals surface area contributed by atoms with Gasteiger partial charge in [-0.1, -0.05) is 6.42 Å². The normalized spacial score (nSPS) is 21.7. The molecule has 1 fully saturated rings. The van der Waals surface area contributed by atoms with E-state index in [2.05, 4.69) is 0 Å². The summed E-state index contributed by atoms with van der Waals surface area (Å²) in [4.78, 5) is 33.2. The summed E-state index contributed by atoms with van der Waals surface area (Å²) in [5.41, 5.74) is 0.396. The van der Waals surface area contributed by atoms with Crippen molar-refractivity contribution in [3.05, 3.63) is 39.9 Å². The monoisotopic (exact) mass is 291 g/mol. The quantitative estimate of drug-likeness (QED) is 0.510. The molecule has 2 atom stereocenters. The second-order valence-corrected chi connectivity index (χ2v) is 5.50. The number of nitro groups is 1. The van der Waals surface area contributed by atoms with E-state index in [1.807, 2.05) is 0 Å². The zero-order valence-electron chi connectivity index (χ0n) is 11.5. The molecule has 1 aromatic carbocycles. The van der Waals surface area contributed by atoms with E-state index in [0.717, 1.165) is 12.8 Å². The van der Waals surface area contributed by atoms with Crippen LogP contribution >= 0.6 is 0 Å². The third-order valence-corrected chi connectivity index (χ3v) is 4.01. The molecule has 0 aromatic heterocycles. The van der Waals surface area contributed by atoms with E-state index in [1.54, 1.807) is 0 Å². The Hall–Kier alpha value is -2.24. The van der Waals surface area contributed by atoms with E-state index >= 15 is 0 Å². The Bertz CT molecular complexity index is 552. The van der Waals surface area contributed by atoms with E-state index in [9.17, 15) is 19.7 Å². The van der Waals surface area contributed by atoms with Crippen molar-refractivity contribution in [3.63, 3.8) is 0 Å². The molecule has 0 aliphatic heterocycles. The predicted octanol–water partition coefficient (Wildman–Crippen LogP) is 3.06. The van der Waals surface area contributed by atoms with Crippen LogP contribution in [0.15, 0.2) is 24.3 Å². The van der Waals surface area contributed by atoms with Crippen molar-refractivity contribution >= 4 is 17.4 Å². The Balaban J connectivity index is 1.97. The molecule has 1 aromatic rings. The van der Waals surface area contributed by atoms with Gasteiger partial charge in [0.15, 0.2) is 5.78 Å². The number of nitro benzene ring substituents is 1. The fourth-order valence-electron chi connectivity index (χ4n) is 2.85. The summed E-state index contributed by atoms with van der Waals surface area (Å²) < 4.78 is 0. The maximum absolute atomic E-state index is 12.2. The van der Waals surface area contributed by atoms with Crippen molar-refractivity contribution in [2.75, 3.05) is 0 Å². The van der Waals surface area contributed by atoms with Gasteiger partial charge in [0.1, 0.15) is 0 Å². The molecule has 0 heterocycles. The van der Waals surface area contributed by atoms with Crippen LogP contribution in [0, 0.1) is 22.0 Å². The summed E-state index contributed by atoms with van der Waals surface area (Å²) >= 11 is 0. The van der Waals surface area contributed by atoms with Crippen LogP contribution in [0.5, 0.6) is 0 Å². The Morgan fingerprint density at radius 3 is 2.48 bits per heavy atom. The highest BCUT2D eigenvalue weighted by molar-refractivity contribution is 5.96. The second kappa shape index (κ2) is 6.47. The molecule has 0 amide bonds. The number of hydrogen-bond acceptors (Lipinski definition) is 4. The fraction of sp³-hybridized carbons (Fsp3) is 0.467. The highest BCUT2D eigenvalue weighted by atomic mass is 16.6. The summed E-state index contributed by atoms with van der Waals surface area (Å²) in [6, 6.07) is 5.54. The number of rotatable bonds is 5. The van der Waals surface area contributed by atoms with Gasteiger partial charge < -0.3 is 5.11 Å². The minimum Gasteiger partial charge on any atom is -0.481 e. The van der Waals surface area contributed by atoms with Crippen molar-refractivity contribution in [1.29, 1.82) is 0 Å². The summed E-state index contributed by atoms with van der Waals surface area (Å²) in [5.74, 6) is -1.14. The third-order valence-electron chi connectivity index (χ3n) is 4.01. The first kappa shape index (κ1) is 15.2. The molecular weight excluding hydrogens is 274 g/mol. The number of carbonyl (C=O) groups is 2. The van der Waals surface area contributed by atoms with Crippen molar-refractivity contribution in [2.24, 2.45) is 11.8 Å². The molecule has 6 nitrogen and oxygen atoms in total. The first-order valence-electron chi connectivity index (χ1n) is 6.98. The van der Waals surface area contributed by atoms with E-state index in [-0.39, 0.29) is 23.3 Å². The molecule has 1 N–H and O–H groups in total. The van der Waals surface area contributed by atoms with Gasteiger partial charge in [0, 0.05) is 24.1 Å². The van der Waals surface area contributed by atoms with Crippen molar-refractivity contribution in [1.82, 2.24) is 0 Å². The zero-order valence-corrected chi connectivity index (χ0v) is 11.5. The number of carboxylic acids is 1. The number of carboxylic acid groups (broad SMARTS) is 1. The number of hydrogen-bond donors (Lipinski definition) is 1. The molecule has 21 heavy (non-hydrogen) atoms. The van der Waals surface area contributed by atoms with Gasteiger partial charge in [0.05, 0.1) is 10.8 Å². The molecule has 1 saturated carbocycles. The van der Waals surface area contributed by atoms with E-state index in [4.69, 9.17) is 5.11 Å². The zero-order chi connectivity index (χ0) is 15.4. The molecule has 1 aliphatic carbocycles. The van der Waals surface area contributed by atoms with Gasteiger partial charge in [0.25, 0.3) is 5.69 Å². The van der Waals surface area contributed by atoms with E-state index in [0.29, 0.717) is 24.8 Å². The van der Waals surface area contributed by atoms with Crippen molar-refractivity contribution < 1.29 is 19.6 Å². The Morgan fingerprint density at radius 2 is 1.90 bits per heavy atom. The van der Waals surface area contributed by atoms with Crippen LogP contribution < -0.4 is 0 Å². The minimum atomic E-state index is -0.789. The number of non-ortho nitro benzene ring substituents is 1. The minimum absolute atomic E-state index is 0.0462. The average Bonchev–Trinajstić information content (AvgIpc) is 2.47. The molecule has 0 unspecified atom stereocenters. The second-order valence-electron chi connectivity index (χ2n) is 5.50. The molecule has 0 bridgehead atoms. The summed E-state index contributed by atoms with van der Waals surface area (Å²) in [7, 11) is 0. The number of carbonyl (C=O) groups excluding carboxylic acids is 1. The first-order valence-corrected chi connectivity index (χ1v) is 6.98. The number of ketones is 1. The topological polar surface area (TPSA) is 97.5 Å². The van der Waals surface area contributed by atoms with Crippen LogP contribution in [0.1, 0.15) is 42.5 Å². The lowest BCUT2D eigenvalue weighted by Gasteiger charge is -2.26. The molecule has 6 heteroatoms. The van der Waals surface area contributed by atoms with Crippen LogP contribution in [0.4, 0.5) is 5.69 Å². The Kier molecular flexibility index (Phi) is 4.67. The Morgan fingerprint density at radius 1 is 1.24 bits per heavy atom. The lowest BCUT2D eigenvalue weighted by atomic mass is 9.78. The van der Waals surface area contributed by atoms with Crippen molar-refractivity contribution in [2.45, 2.75) is 32.1 Å². The SMILES string of the molecule is O=C(C[C@@H]1CCC[C@H](C(=O)O)C1)c1ccc([N+](=O)[O-])cc1. The standard InChI is InChI=1S/C15H17NO5/c17-14(11-4-6-13(7-5-11)16(20)21)9-10-2-1-3-12(8-10)15(18)19/h4-7,10,12H,1-3,8-9H2,(H,18,19)/t10-,12+/m1/s1. The van der Waals surface area contributed by atoms with Crippen LogP contribution in [-0.4, -0.2) is 21.8 Å². The smallest absolute Gasteiger partial charge is 0.306 e. The Labute approximate surface area is 121 Å². The van der Waals surface area contributed by atoms with Gasteiger partial charge in [0.2, 0.25) is 0 Å². The third kappa shape index (κ3) is 3.87. The van der Waals surface area contributed by atoms with Crippen LogP contribution in [-0.2, 0) is 4.79 Å².